The number of hydrogen-bond donors (Lipinski definition) is 1. The van der Waals surface area contributed by atoms with Crippen molar-refractivity contribution in [1.82, 2.24) is 4.98 Å². The zero-order valence-corrected chi connectivity index (χ0v) is 10.5. The van der Waals surface area contributed by atoms with Crippen molar-refractivity contribution in [1.29, 1.82) is 0 Å². The maximum absolute atomic E-state index is 10.6. The second-order valence-corrected chi connectivity index (χ2v) is 4.24. The number of aliphatic carboxylic acids is 1. The number of carboxylic acid groups (broad SMARTS) is 1. The van der Waals surface area contributed by atoms with Crippen LogP contribution in [0.2, 0.25) is 0 Å². The number of rotatable bonds is 6. The van der Waals surface area contributed by atoms with Crippen LogP contribution in [-0.2, 0) is 4.79 Å². The lowest BCUT2D eigenvalue weighted by Gasteiger charge is -2.18. The highest BCUT2D eigenvalue weighted by molar-refractivity contribution is 5.81. The second-order valence-electron chi connectivity index (χ2n) is 4.24. The lowest BCUT2D eigenvalue weighted by Crippen LogP contribution is -2.19. The van der Waals surface area contributed by atoms with Crippen molar-refractivity contribution in [3.8, 4) is 0 Å². The Labute approximate surface area is 109 Å². The fraction of sp³-hybridized carbons (Fsp3) is 0.308. The van der Waals surface area contributed by atoms with Crippen molar-refractivity contribution in [2.24, 2.45) is 0 Å². The first-order valence-electron chi connectivity index (χ1n) is 5.89. The number of carbonyl (C=O) groups is 2. The van der Waals surface area contributed by atoms with Gasteiger partial charge in [-0.15, -0.1) is 0 Å². The van der Waals surface area contributed by atoms with Crippen molar-refractivity contribution in [3.05, 3.63) is 24.1 Å². The molecule has 2 aromatic rings. The first-order valence-corrected chi connectivity index (χ1v) is 5.89. The Kier molecular flexibility index (Phi) is 3.79. The highest BCUT2D eigenvalue weighted by Gasteiger charge is 2.08. The van der Waals surface area contributed by atoms with Crippen LogP contribution in [0, 0.1) is 0 Å². The van der Waals surface area contributed by atoms with Crippen molar-refractivity contribution in [2.75, 3.05) is 18.5 Å². The zero-order valence-electron chi connectivity index (χ0n) is 10.5. The first kappa shape index (κ1) is 13.1. The summed E-state index contributed by atoms with van der Waals surface area (Å²) in [7, 11) is 1.88. The molecule has 0 spiro atoms. The number of carbonyl (C=O) groups excluding carboxylic acids is 1. The van der Waals surface area contributed by atoms with Crippen LogP contribution in [0.3, 0.4) is 0 Å². The third-order valence-corrected chi connectivity index (χ3v) is 2.81. The van der Waals surface area contributed by atoms with Gasteiger partial charge in [0.1, 0.15) is 5.52 Å². The predicted octanol–water partition coefficient (Wildman–Crippen LogP) is 1.94. The molecular weight excluding hydrogens is 248 g/mol. The molecule has 1 aromatic carbocycles. The van der Waals surface area contributed by atoms with Gasteiger partial charge < -0.3 is 14.4 Å². The molecule has 6 nitrogen and oxygen atoms in total. The molecule has 2 rings (SSSR count). The van der Waals surface area contributed by atoms with Crippen LogP contribution < -0.4 is 4.90 Å². The van der Waals surface area contributed by atoms with E-state index in [-0.39, 0.29) is 12.3 Å². The molecule has 1 aromatic heterocycles. The van der Waals surface area contributed by atoms with Gasteiger partial charge in [0.15, 0.2) is 5.58 Å². The lowest BCUT2D eigenvalue weighted by atomic mass is 10.2. The number of anilines is 1. The number of fused-ring (bicyclic) bond motifs is 1. The molecular formula is C13H14N2O4. The van der Waals surface area contributed by atoms with E-state index in [0.29, 0.717) is 30.4 Å². The molecule has 0 saturated heterocycles. The normalized spacial score (nSPS) is 10.6. The number of nitrogens with zero attached hydrogens (tertiary/aromatic N) is 2. The standard InChI is InChI=1S/C13H14N2O4/c1-15(6-2-3-13(17)18)9-4-5-10-11(7-9)19-12(8-16)14-10/h4-5,7-8H,2-3,6H2,1H3,(H,17,18). The number of carboxylic acids is 1. The smallest absolute Gasteiger partial charge is 0.303 e. The Bertz CT molecular complexity index is 606. The fourth-order valence-electron chi connectivity index (χ4n) is 1.82. The third kappa shape index (κ3) is 3.09. The van der Waals surface area contributed by atoms with E-state index < -0.39 is 5.97 Å². The molecule has 0 unspecified atom stereocenters. The summed E-state index contributed by atoms with van der Waals surface area (Å²) in [4.78, 5) is 27.0. The molecule has 6 heteroatoms. The van der Waals surface area contributed by atoms with Crippen LogP contribution in [0.1, 0.15) is 23.5 Å². The minimum atomic E-state index is -0.797. The molecule has 100 valence electrons. The van der Waals surface area contributed by atoms with E-state index in [1.54, 1.807) is 12.1 Å². The summed E-state index contributed by atoms with van der Waals surface area (Å²) < 4.78 is 5.25. The Morgan fingerprint density at radius 1 is 1.53 bits per heavy atom. The molecule has 1 N–H and O–H groups in total. The molecule has 0 fully saturated rings. The van der Waals surface area contributed by atoms with Crippen molar-refractivity contribution < 1.29 is 19.1 Å². The van der Waals surface area contributed by atoms with Gasteiger partial charge in [0.05, 0.1) is 0 Å². The average molecular weight is 262 g/mol. The largest absolute Gasteiger partial charge is 0.481 e. The number of aromatic nitrogens is 1. The minimum Gasteiger partial charge on any atom is -0.481 e. The van der Waals surface area contributed by atoms with E-state index >= 15 is 0 Å². The summed E-state index contributed by atoms with van der Waals surface area (Å²) in [6.07, 6.45) is 1.28. The van der Waals surface area contributed by atoms with Gasteiger partial charge in [-0.05, 0) is 18.6 Å². The Morgan fingerprint density at radius 3 is 3.00 bits per heavy atom. The van der Waals surface area contributed by atoms with Gasteiger partial charge in [0, 0.05) is 31.8 Å². The Hall–Kier alpha value is -2.37. The van der Waals surface area contributed by atoms with Crippen molar-refractivity contribution in [2.45, 2.75) is 12.8 Å². The summed E-state index contributed by atoms with van der Waals surface area (Å²) >= 11 is 0. The molecule has 0 aliphatic carbocycles. The van der Waals surface area contributed by atoms with Gasteiger partial charge in [-0.3, -0.25) is 9.59 Å². The molecule has 0 aliphatic heterocycles. The van der Waals surface area contributed by atoms with E-state index in [1.165, 1.54) is 0 Å². The predicted molar refractivity (Wildman–Crippen MR) is 69.5 cm³/mol. The quantitative estimate of drug-likeness (QED) is 0.801. The zero-order chi connectivity index (χ0) is 13.8. The van der Waals surface area contributed by atoms with Gasteiger partial charge in [0.2, 0.25) is 6.29 Å². The summed E-state index contributed by atoms with van der Waals surface area (Å²) in [6.45, 7) is 0.631. The van der Waals surface area contributed by atoms with Crippen molar-refractivity contribution in [3.63, 3.8) is 0 Å². The van der Waals surface area contributed by atoms with E-state index in [0.717, 1.165) is 5.69 Å². The van der Waals surface area contributed by atoms with Gasteiger partial charge >= 0.3 is 5.97 Å². The van der Waals surface area contributed by atoms with Crippen LogP contribution in [0.15, 0.2) is 22.6 Å². The molecule has 19 heavy (non-hydrogen) atoms. The molecule has 0 radical (unpaired) electrons. The second kappa shape index (κ2) is 5.51. The first-order chi connectivity index (χ1) is 9.10. The summed E-state index contributed by atoms with van der Waals surface area (Å²) in [5.41, 5.74) is 2.07. The highest BCUT2D eigenvalue weighted by atomic mass is 16.4. The number of aldehydes is 1. The molecule has 0 bridgehead atoms. The summed E-state index contributed by atoms with van der Waals surface area (Å²) in [6, 6.07) is 5.42. The topological polar surface area (TPSA) is 83.6 Å². The molecule has 0 atom stereocenters. The van der Waals surface area contributed by atoms with E-state index in [9.17, 15) is 9.59 Å². The van der Waals surface area contributed by atoms with E-state index in [4.69, 9.17) is 9.52 Å². The number of benzene rings is 1. The van der Waals surface area contributed by atoms with E-state index in [2.05, 4.69) is 4.98 Å². The monoisotopic (exact) mass is 262 g/mol. The molecule has 1 heterocycles. The summed E-state index contributed by atoms with van der Waals surface area (Å²) in [5, 5.41) is 8.59. The van der Waals surface area contributed by atoms with Gasteiger partial charge in [-0.25, -0.2) is 4.98 Å². The minimum absolute atomic E-state index is 0.0562. The SMILES string of the molecule is CN(CCCC(=O)O)c1ccc2nc(C=O)oc2c1. The third-order valence-electron chi connectivity index (χ3n) is 2.81. The molecule has 0 amide bonds. The van der Waals surface area contributed by atoms with Crippen LogP contribution in [0.25, 0.3) is 11.1 Å². The number of oxazole rings is 1. The molecule has 0 saturated carbocycles. The van der Waals surface area contributed by atoms with Gasteiger partial charge in [-0.2, -0.15) is 0 Å². The lowest BCUT2D eigenvalue weighted by molar-refractivity contribution is -0.137. The van der Waals surface area contributed by atoms with Crippen LogP contribution in [0.5, 0.6) is 0 Å². The maximum Gasteiger partial charge on any atom is 0.303 e. The van der Waals surface area contributed by atoms with E-state index in [1.807, 2.05) is 18.0 Å². The summed E-state index contributed by atoms with van der Waals surface area (Å²) in [5.74, 6) is -0.740. The molecule has 0 aliphatic rings. The highest BCUT2D eigenvalue weighted by Crippen LogP contribution is 2.22. The van der Waals surface area contributed by atoms with Crippen LogP contribution in [0.4, 0.5) is 5.69 Å². The number of hydrogen-bond acceptors (Lipinski definition) is 5. The average Bonchev–Trinajstić information content (AvgIpc) is 2.79. The van der Waals surface area contributed by atoms with Gasteiger partial charge in [-0.1, -0.05) is 0 Å². The van der Waals surface area contributed by atoms with Gasteiger partial charge in [0.25, 0.3) is 5.89 Å². The Morgan fingerprint density at radius 2 is 2.32 bits per heavy atom. The van der Waals surface area contributed by atoms with Crippen LogP contribution in [-0.4, -0.2) is 35.9 Å². The fourth-order valence-corrected chi connectivity index (χ4v) is 1.82. The van der Waals surface area contributed by atoms with Crippen LogP contribution >= 0.6 is 0 Å². The van der Waals surface area contributed by atoms with Crippen molar-refractivity contribution >= 4 is 29.0 Å². The maximum atomic E-state index is 10.6. The Balaban J connectivity index is 2.11.